The normalized spacial score (nSPS) is 10.1. The largest absolute Gasteiger partial charge is 0.478 e. The third-order valence-corrected chi connectivity index (χ3v) is 2.29. The Morgan fingerprint density at radius 3 is 2.62 bits per heavy atom. The van der Waals surface area contributed by atoms with Crippen LogP contribution < -0.4 is 4.68 Å². The summed E-state index contributed by atoms with van der Waals surface area (Å²) >= 11 is 0. The molecule has 4 nitrogen and oxygen atoms in total. The van der Waals surface area contributed by atoms with E-state index in [1.165, 1.54) is 6.20 Å². The van der Waals surface area contributed by atoms with Crippen molar-refractivity contribution in [1.82, 2.24) is 5.10 Å². The Hall–Kier alpha value is -2.23. The van der Waals surface area contributed by atoms with Gasteiger partial charge in [-0.3, -0.25) is 0 Å². The molecule has 1 N–H and O–H groups in total. The van der Waals surface area contributed by atoms with Crippen LogP contribution in [0.1, 0.15) is 10.4 Å². The molecule has 0 bridgehead atoms. The zero-order valence-electron chi connectivity index (χ0n) is 8.79. The quantitative estimate of drug-likeness (QED) is 0.767. The smallest absolute Gasteiger partial charge is 0.338 e. The van der Waals surface area contributed by atoms with E-state index in [2.05, 4.69) is 5.10 Å². The lowest BCUT2D eigenvalue weighted by Gasteiger charge is -2.02. The van der Waals surface area contributed by atoms with Crippen molar-refractivity contribution >= 4 is 5.97 Å². The number of carboxylic acids is 1. The van der Waals surface area contributed by atoms with Crippen molar-refractivity contribution in [2.24, 2.45) is 7.05 Å². The molecule has 0 amide bonds. The molecule has 0 atom stereocenters. The standard InChI is InChI=1S/C12H10N2O2/c1-14-8-11(9-5-3-2-4-6-9)10(7-13-14)12(15)16/h2-8H,1H3/p+1. The maximum Gasteiger partial charge on any atom is 0.338 e. The van der Waals surface area contributed by atoms with Crippen molar-refractivity contribution in [2.45, 2.75) is 0 Å². The lowest BCUT2D eigenvalue weighted by molar-refractivity contribution is -0.730. The Morgan fingerprint density at radius 1 is 1.31 bits per heavy atom. The molecule has 0 saturated heterocycles. The molecule has 1 aromatic heterocycles. The molecule has 1 aromatic carbocycles. The molecule has 2 rings (SSSR count). The predicted molar refractivity (Wildman–Crippen MR) is 57.8 cm³/mol. The summed E-state index contributed by atoms with van der Waals surface area (Å²) in [5.41, 5.74) is 1.76. The maximum absolute atomic E-state index is 11.1. The molecule has 0 aliphatic heterocycles. The van der Waals surface area contributed by atoms with Crippen molar-refractivity contribution in [3.63, 3.8) is 0 Å². The van der Waals surface area contributed by atoms with Crippen molar-refractivity contribution in [2.75, 3.05) is 0 Å². The number of carbonyl (C=O) groups is 1. The summed E-state index contributed by atoms with van der Waals surface area (Å²) in [6.07, 6.45) is 3.07. The van der Waals surface area contributed by atoms with Gasteiger partial charge in [-0.1, -0.05) is 35.0 Å². The fourth-order valence-electron chi connectivity index (χ4n) is 1.53. The van der Waals surface area contributed by atoms with Crippen molar-refractivity contribution in [1.29, 1.82) is 0 Å². The van der Waals surface area contributed by atoms with Crippen LogP contribution in [0.4, 0.5) is 0 Å². The predicted octanol–water partition coefficient (Wildman–Crippen LogP) is 1.27. The number of hydrogen-bond acceptors (Lipinski definition) is 2. The summed E-state index contributed by atoms with van der Waals surface area (Å²) in [5, 5.41) is 13.0. The molecular weight excluding hydrogens is 204 g/mol. The Balaban J connectivity index is 2.63. The first kappa shape index (κ1) is 10.3. The Kier molecular flexibility index (Phi) is 2.64. The molecule has 2 aromatic rings. The number of aromatic nitrogens is 2. The monoisotopic (exact) mass is 215 g/mol. The van der Waals surface area contributed by atoms with Gasteiger partial charge in [-0.25, -0.2) is 4.79 Å². The second-order valence-electron chi connectivity index (χ2n) is 3.45. The van der Waals surface area contributed by atoms with Crippen LogP contribution in [0.3, 0.4) is 0 Å². The van der Waals surface area contributed by atoms with E-state index in [-0.39, 0.29) is 5.56 Å². The van der Waals surface area contributed by atoms with E-state index < -0.39 is 5.97 Å². The van der Waals surface area contributed by atoms with E-state index in [0.717, 1.165) is 5.56 Å². The van der Waals surface area contributed by atoms with Gasteiger partial charge in [0.15, 0.2) is 7.05 Å². The second kappa shape index (κ2) is 4.10. The topological polar surface area (TPSA) is 54.1 Å². The molecule has 1 heterocycles. The van der Waals surface area contributed by atoms with Crippen LogP contribution in [0.25, 0.3) is 11.1 Å². The second-order valence-corrected chi connectivity index (χ2v) is 3.45. The zero-order valence-corrected chi connectivity index (χ0v) is 8.79. The minimum atomic E-state index is -0.966. The number of aromatic carboxylic acids is 1. The first-order valence-electron chi connectivity index (χ1n) is 4.83. The highest BCUT2D eigenvalue weighted by Crippen LogP contribution is 2.20. The summed E-state index contributed by atoms with van der Waals surface area (Å²) in [5.74, 6) is -0.966. The highest BCUT2D eigenvalue weighted by Gasteiger charge is 2.15. The molecule has 0 aliphatic rings. The van der Waals surface area contributed by atoms with E-state index in [1.807, 2.05) is 30.3 Å². The minimum absolute atomic E-state index is 0.212. The first-order valence-corrected chi connectivity index (χ1v) is 4.83. The fraction of sp³-hybridized carbons (Fsp3) is 0.0833. The fourth-order valence-corrected chi connectivity index (χ4v) is 1.53. The van der Waals surface area contributed by atoms with Crippen LogP contribution in [0.5, 0.6) is 0 Å². The lowest BCUT2D eigenvalue weighted by Crippen LogP contribution is -2.33. The number of rotatable bonds is 2. The van der Waals surface area contributed by atoms with Gasteiger partial charge in [0, 0.05) is 0 Å². The molecule has 0 radical (unpaired) electrons. The SMILES string of the molecule is C[n+]1cc(-c2ccccc2)c(C(=O)O)cn1. The number of aryl methyl sites for hydroxylation is 1. The molecule has 0 unspecified atom stereocenters. The highest BCUT2D eigenvalue weighted by molar-refractivity contribution is 5.95. The maximum atomic E-state index is 11.1. The number of hydrogen-bond donors (Lipinski definition) is 1. The lowest BCUT2D eigenvalue weighted by atomic mass is 10.0. The van der Waals surface area contributed by atoms with Crippen LogP contribution in [0, 0.1) is 0 Å². The Morgan fingerprint density at radius 2 is 2.00 bits per heavy atom. The average molecular weight is 215 g/mol. The highest BCUT2D eigenvalue weighted by atomic mass is 16.4. The van der Waals surface area contributed by atoms with Crippen molar-refractivity contribution in [3.8, 4) is 11.1 Å². The molecule has 4 heteroatoms. The summed E-state index contributed by atoms with van der Waals surface area (Å²) in [7, 11) is 1.76. The third kappa shape index (κ3) is 1.91. The van der Waals surface area contributed by atoms with Crippen LogP contribution >= 0.6 is 0 Å². The van der Waals surface area contributed by atoms with Gasteiger partial charge < -0.3 is 5.11 Å². The van der Waals surface area contributed by atoms with Crippen LogP contribution in [-0.2, 0) is 7.05 Å². The van der Waals surface area contributed by atoms with Crippen LogP contribution in [0.2, 0.25) is 0 Å². The van der Waals surface area contributed by atoms with Gasteiger partial charge in [0.25, 0.3) is 0 Å². The van der Waals surface area contributed by atoms with Gasteiger partial charge in [-0.2, -0.15) is 0 Å². The summed E-state index contributed by atoms with van der Waals surface area (Å²) in [4.78, 5) is 11.1. The summed E-state index contributed by atoms with van der Waals surface area (Å²) < 4.78 is 1.59. The van der Waals surface area contributed by atoms with Gasteiger partial charge in [0.1, 0.15) is 6.20 Å². The molecule has 0 aliphatic carbocycles. The van der Waals surface area contributed by atoms with Crippen LogP contribution in [-0.4, -0.2) is 16.2 Å². The van der Waals surface area contributed by atoms with Crippen molar-refractivity contribution < 1.29 is 14.6 Å². The summed E-state index contributed by atoms with van der Waals surface area (Å²) in [6.45, 7) is 0. The molecule has 16 heavy (non-hydrogen) atoms. The van der Waals surface area contributed by atoms with E-state index in [0.29, 0.717) is 5.56 Å². The Labute approximate surface area is 92.8 Å². The van der Waals surface area contributed by atoms with Gasteiger partial charge in [-0.05, 0) is 10.7 Å². The van der Waals surface area contributed by atoms with E-state index in [4.69, 9.17) is 5.11 Å². The molecule has 0 saturated carbocycles. The van der Waals surface area contributed by atoms with Gasteiger partial charge in [0.2, 0.25) is 6.20 Å². The van der Waals surface area contributed by atoms with E-state index >= 15 is 0 Å². The van der Waals surface area contributed by atoms with Gasteiger partial charge in [0.05, 0.1) is 11.1 Å². The van der Waals surface area contributed by atoms with Crippen LogP contribution in [0.15, 0.2) is 42.7 Å². The summed E-state index contributed by atoms with van der Waals surface area (Å²) in [6, 6.07) is 9.40. The van der Waals surface area contributed by atoms with E-state index in [9.17, 15) is 4.79 Å². The number of benzene rings is 1. The molecule has 0 spiro atoms. The minimum Gasteiger partial charge on any atom is -0.478 e. The molecule has 80 valence electrons. The van der Waals surface area contributed by atoms with Gasteiger partial charge >= 0.3 is 5.97 Å². The first-order chi connectivity index (χ1) is 7.68. The Bertz CT molecular complexity index is 524. The number of nitrogens with zero attached hydrogens (tertiary/aromatic N) is 2. The molecular formula is C12H11N2O2+. The van der Waals surface area contributed by atoms with Crippen molar-refractivity contribution in [3.05, 3.63) is 48.3 Å². The van der Waals surface area contributed by atoms with E-state index in [1.54, 1.807) is 17.9 Å². The third-order valence-electron chi connectivity index (χ3n) is 2.29. The molecule has 0 fully saturated rings. The number of carboxylic acid groups (broad SMARTS) is 1. The zero-order chi connectivity index (χ0) is 11.5. The van der Waals surface area contributed by atoms with Gasteiger partial charge in [-0.15, -0.1) is 0 Å². The average Bonchev–Trinajstić information content (AvgIpc) is 2.29.